The lowest BCUT2D eigenvalue weighted by molar-refractivity contribution is 0.163. The van der Waals surface area contributed by atoms with Crippen molar-refractivity contribution in [3.8, 4) is 22.4 Å². The SMILES string of the molecule is COn1c(-c2ccccc2)c(-c2ccccc2)c2c(ccc3ccccc32)c1=O. The third kappa shape index (κ3) is 2.71. The zero-order valence-corrected chi connectivity index (χ0v) is 16.0. The van der Waals surface area contributed by atoms with Gasteiger partial charge in [0.2, 0.25) is 0 Å². The molecule has 1 heterocycles. The maximum Gasteiger partial charge on any atom is 0.291 e. The van der Waals surface area contributed by atoms with Gasteiger partial charge in [-0.3, -0.25) is 4.79 Å². The maximum absolute atomic E-state index is 13.4. The zero-order valence-electron chi connectivity index (χ0n) is 16.0. The van der Waals surface area contributed by atoms with Crippen molar-refractivity contribution in [1.29, 1.82) is 0 Å². The second-order valence-corrected chi connectivity index (χ2v) is 6.95. The van der Waals surface area contributed by atoms with E-state index in [1.54, 1.807) is 0 Å². The molecule has 140 valence electrons. The molecule has 3 heteroatoms. The molecule has 0 atom stereocenters. The van der Waals surface area contributed by atoms with Crippen LogP contribution in [0.15, 0.2) is 102 Å². The van der Waals surface area contributed by atoms with Crippen molar-refractivity contribution < 1.29 is 4.84 Å². The van der Waals surface area contributed by atoms with Crippen LogP contribution >= 0.6 is 0 Å². The van der Waals surface area contributed by atoms with Crippen LogP contribution in [-0.2, 0) is 0 Å². The Morgan fingerprint density at radius 2 is 1.28 bits per heavy atom. The van der Waals surface area contributed by atoms with Gasteiger partial charge in [-0.25, -0.2) is 0 Å². The van der Waals surface area contributed by atoms with E-state index < -0.39 is 0 Å². The lowest BCUT2D eigenvalue weighted by Crippen LogP contribution is -2.27. The van der Waals surface area contributed by atoms with E-state index in [0.717, 1.165) is 38.5 Å². The number of hydrogen-bond donors (Lipinski definition) is 0. The molecule has 0 amide bonds. The normalized spacial score (nSPS) is 11.1. The van der Waals surface area contributed by atoms with E-state index in [1.165, 1.54) is 11.8 Å². The molecule has 0 fully saturated rings. The molecule has 0 saturated carbocycles. The minimum atomic E-state index is -0.160. The number of nitrogens with zero attached hydrogens (tertiary/aromatic N) is 1. The monoisotopic (exact) mass is 377 g/mol. The van der Waals surface area contributed by atoms with Crippen molar-refractivity contribution in [1.82, 2.24) is 4.73 Å². The largest absolute Gasteiger partial charge is 0.413 e. The summed E-state index contributed by atoms with van der Waals surface area (Å²) in [4.78, 5) is 19.0. The number of aromatic nitrogens is 1. The van der Waals surface area contributed by atoms with Gasteiger partial charge in [0.25, 0.3) is 5.56 Å². The van der Waals surface area contributed by atoms with Crippen molar-refractivity contribution in [2.45, 2.75) is 0 Å². The Hall–Kier alpha value is -3.85. The van der Waals surface area contributed by atoms with Crippen LogP contribution in [0.4, 0.5) is 0 Å². The summed E-state index contributed by atoms with van der Waals surface area (Å²) >= 11 is 0. The van der Waals surface area contributed by atoms with Crippen molar-refractivity contribution in [3.63, 3.8) is 0 Å². The topological polar surface area (TPSA) is 31.2 Å². The average molecular weight is 377 g/mol. The number of rotatable bonds is 3. The smallest absolute Gasteiger partial charge is 0.291 e. The Labute approximate surface area is 168 Å². The van der Waals surface area contributed by atoms with Gasteiger partial charge in [-0.1, -0.05) is 91.0 Å². The van der Waals surface area contributed by atoms with E-state index >= 15 is 0 Å². The molecule has 0 aliphatic heterocycles. The summed E-state index contributed by atoms with van der Waals surface area (Å²) in [6.45, 7) is 0. The fourth-order valence-corrected chi connectivity index (χ4v) is 4.07. The molecule has 0 saturated heterocycles. The Morgan fingerprint density at radius 1 is 0.655 bits per heavy atom. The minimum absolute atomic E-state index is 0.160. The van der Waals surface area contributed by atoms with Crippen LogP contribution in [0.25, 0.3) is 43.9 Å². The van der Waals surface area contributed by atoms with Crippen molar-refractivity contribution >= 4 is 21.5 Å². The van der Waals surface area contributed by atoms with Gasteiger partial charge >= 0.3 is 0 Å². The van der Waals surface area contributed by atoms with Gasteiger partial charge in [0.15, 0.2) is 0 Å². The summed E-state index contributed by atoms with van der Waals surface area (Å²) in [7, 11) is 1.54. The van der Waals surface area contributed by atoms with E-state index in [0.29, 0.717) is 5.39 Å². The number of pyridine rings is 1. The third-order valence-electron chi connectivity index (χ3n) is 5.33. The summed E-state index contributed by atoms with van der Waals surface area (Å²) in [6.07, 6.45) is 0. The van der Waals surface area contributed by atoms with Crippen molar-refractivity contribution in [2.24, 2.45) is 0 Å². The van der Waals surface area contributed by atoms with Gasteiger partial charge in [0.1, 0.15) is 7.11 Å². The Balaban J connectivity index is 2.10. The third-order valence-corrected chi connectivity index (χ3v) is 5.33. The molecule has 0 aliphatic carbocycles. The van der Waals surface area contributed by atoms with Gasteiger partial charge in [-0.05, 0) is 22.4 Å². The Kier molecular flexibility index (Phi) is 4.14. The van der Waals surface area contributed by atoms with Crippen LogP contribution in [0.3, 0.4) is 0 Å². The van der Waals surface area contributed by atoms with Crippen molar-refractivity contribution in [2.75, 3.05) is 7.11 Å². The summed E-state index contributed by atoms with van der Waals surface area (Å²) in [5.41, 5.74) is 3.56. The first kappa shape index (κ1) is 17.3. The van der Waals surface area contributed by atoms with Crippen LogP contribution < -0.4 is 10.4 Å². The zero-order chi connectivity index (χ0) is 19.8. The van der Waals surface area contributed by atoms with Crippen LogP contribution in [0.5, 0.6) is 0 Å². The highest BCUT2D eigenvalue weighted by molar-refractivity contribution is 6.16. The molecule has 0 N–H and O–H groups in total. The van der Waals surface area contributed by atoms with Crippen LogP contribution in [0.1, 0.15) is 0 Å². The molecule has 0 aliphatic rings. The fraction of sp³-hybridized carbons (Fsp3) is 0.0385. The summed E-state index contributed by atoms with van der Waals surface area (Å²) in [5, 5.41) is 3.75. The average Bonchev–Trinajstić information content (AvgIpc) is 2.79. The van der Waals surface area contributed by atoms with Crippen LogP contribution in [0, 0.1) is 0 Å². The molecule has 4 aromatic carbocycles. The van der Waals surface area contributed by atoms with E-state index in [4.69, 9.17) is 4.84 Å². The summed E-state index contributed by atoms with van der Waals surface area (Å²) in [5.74, 6) is 0. The Morgan fingerprint density at radius 3 is 1.97 bits per heavy atom. The first-order valence-corrected chi connectivity index (χ1v) is 9.55. The maximum atomic E-state index is 13.4. The fourth-order valence-electron chi connectivity index (χ4n) is 4.07. The minimum Gasteiger partial charge on any atom is -0.413 e. The van der Waals surface area contributed by atoms with Gasteiger partial charge in [-0.15, -0.1) is 4.73 Å². The molecule has 0 unspecified atom stereocenters. The van der Waals surface area contributed by atoms with Crippen LogP contribution in [-0.4, -0.2) is 11.8 Å². The highest BCUT2D eigenvalue weighted by Gasteiger charge is 2.21. The first-order chi connectivity index (χ1) is 14.3. The predicted octanol–water partition coefficient (Wildman–Crippen LogP) is 5.55. The number of benzene rings is 4. The van der Waals surface area contributed by atoms with E-state index in [1.807, 2.05) is 72.8 Å². The molecule has 0 radical (unpaired) electrons. The second kappa shape index (κ2) is 6.95. The Bertz CT molecular complexity index is 1390. The summed E-state index contributed by atoms with van der Waals surface area (Å²) < 4.78 is 1.41. The van der Waals surface area contributed by atoms with Crippen molar-refractivity contribution in [3.05, 3.63) is 107 Å². The molecule has 5 rings (SSSR count). The molecular formula is C26H19NO2. The molecule has 29 heavy (non-hydrogen) atoms. The van der Waals surface area contributed by atoms with Gasteiger partial charge < -0.3 is 4.84 Å². The van der Waals surface area contributed by atoms with E-state index in [9.17, 15) is 4.79 Å². The molecular weight excluding hydrogens is 358 g/mol. The van der Waals surface area contributed by atoms with Gasteiger partial charge in [0, 0.05) is 16.5 Å². The standard InChI is InChI=1S/C26H19NO2/c1-29-27-25(20-13-6-3-7-14-20)23(19-11-4-2-5-12-19)24-21-15-9-8-10-18(21)16-17-22(24)26(27)28/h2-17H,1H3. The molecule has 0 bridgehead atoms. The lowest BCUT2D eigenvalue weighted by atomic mass is 9.91. The predicted molar refractivity (Wildman–Crippen MR) is 119 cm³/mol. The lowest BCUT2D eigenvalue weighted by Gasteiger charge is -2.20. The van der Waals surface area contributed by atoms with E-state index in [-0.39, 0.29) is 5.56 Å². The highest BCUT2D eigenvalue weighted by atomic mass is 16.6. The van der Waals surface area contributed by atoms with Crippen LogP contribution in [0.2, 0.25) is 0 Å². The van der Waals surface area contributed by atoms with Gasteiger partial charge in [0.05, 0.1) is 11.1 Å². The molecule has 3 nitrogen and oxygen atoms in total. The van der Waals surface area contributed by atoms with Gasteiger partial charge in [-0.2, -0.15) is 0 Å². The number of hydrogen-bond acceptors (Lipinski definition) is 2. The highest BCUT2D eigenvalue weighted by Crippen LogP contribution is 2.39. The second-order valence-electron chi connectivity index (χ2n) is 6.95. The summed E-state index contributed by atoms with van der Waals surface area (Å²) in [6, 6.07) is 32.2. The molecule has 1 aromatic heterocycles. The first-order valence-electron chi connectivity index (χ1n) is 9.55. The quantitative estimate of drug-likeness (QED) is 0.386. The van der Waals surface area contributed by atoms with E-state index in [2.05, 4.69) is 24.3 Å². The number of fused-ring (bicyclic) bond motifs is 3. The molecule has 5 aromatic rings. The molecule has 0 spiro atoms.